The average Bonchev–Trinajstić information content (AvgIpc) is 3.47. The fourth-order valence-electron chi connectivity index (χ4n) is 4.64. The molecule has 3 heterocycles. The highest BCUT2D eigenvalue weighted by molar-refractivity contribution is 7.21. The van der Waals surface area contributed by atoms with Crippen molar-refractivity contribution >= 4 is 44.2 Å². The maximum Gasteiger partial charge on any atom is 0.261 e. The quantitative estimate of drug-likeness (QED) is 0.436. The molecule has 0 saturated carbocycles. The molecule has 6 heteroatoms. The minimum atomic E-state index is -0.0262. The molecule has 2 amide bonds. The van der Waals surface area contributed by atoms with Gasteiger partial charge in [-0.1, -0.05) is 18.2 Å². The number of hydrogen-bond donors (Lipinski definition) is 1. The van der Waals surface area contributed by atoms with Crippen molar-refractivity contribution in [2.45, 2.75) is 39.2 Å². The molecule has 0 unspecified atom stereocenters. The Morgan fingerprint density at radius 2 is 1.97 bits per heavy atom. The van der Waals surface area contributed by atoms with E-state index in [4.69, 9.17) is 4.42 Å². The first-order valence-electron chi connectivity index (χ1n) is 11.0. The third-order valence-electron chi connectivity index (χ3n) is 6.03. The second kappa shape index (κ2) is 8.10. The molecule has 4 aromatic rings. The average molecular weight is 447 g/mol. The van der Waals surface area contributed by atoms with Crippen molar-refractivity contribution < 1.29 is 14.0 Å². The van der Waals surface area contributed by atoms with Gasteiger partial charge in [0.15, 0.2) is 0 Å². The van der Waals surface area contributed by atoms with Crippen molar-refractivity contribution in [3.05, 3.63) is 70.3 Å². The molecule has 5 rings (SSSR count). The van der Waals surface area contributed by atoms with Crippen molar-refractivity contribution in [2.24, 2.45) is 0 Å². The summed E-state index contributed by atoms with van der Waals surface area (Å²) in [6, 6.07) is 15.8. The predicted molar refractivity (Wildman–Crippen MR) is 129 cm³/mol. The fourth-order valence-corrected chi connectivity index (χ4v) is 5.83. The Hall–Kier alpha value is -3.12. The summed E-state index contributed by atoms with van der Waals surface area (Å²) in [5, 5.41) is 5.12. The number of rotatable bonds is 4. The highest BCUT2D eigenvalue weighted by atomic mass is 32.1. The molecular weight excluding hydrogens is 420 g/mol. The first-order chi connectivity index (χ1) is 15.4. The lowest BCUT2D eigenvalue weighted by molar-refractivity contribution is 0.0791. The normalized spacial score (nSPS) is 16.4. The maximum atomic E-state index is 13.3. The number of fused-ring (bicyclic) bond motifs is 2. The molecule has 0 spiro atoms. The Morgan fingerprint density at radius 3 is 2.78 bits per heavy atom. The van der Waals surface area contributed by atoms with Crippen LogP contribution in [0.15, 0.2) is 52.9 Å². The maximum absolute atomic E-state index is 13.3. The Kier molecular flexibility index (Phi) is 5.25. The van der Waals surface area contributed by atoms with E-state index in [9.17, 15) is 9.59 Å². The molecule has 164 valence electrons. The van der Waals surface area contributed by atoms with Crippen LogP contribution in [-0.2, 0) is 0 Å². The number of benzene rings is 2. The summed E-state index contributed by atoms with van der Waals surface area (Å²) in [6.45, 7) is 7.15. The Balaban J connectivity index is 1.44. The van der Waals surface area contributed by atoms with Crippen LogP contribution >= 0.6 is 11.3 Å². The van der Waals surface area contributed by atoms with Crippen molar-refractivity contribution in [1.29, 1.82) is 0 Å². The molecule has 2 aromatic heterocycles. The number of furan rings is 1. The summed E-state index contributed by atoms with van der Waals surface area (Å²) in [7, 11) is 0. The Bertz CT molecular complexity index is 1330. The lowest BCUT2D eigenvalue weighted by Gasteiger charge is -2.18. The lowest BCUT2D eigenvalue weighted by Crippen LogP contribution is -2.31. The number of likely N-dealkylation sites (tertiary alicyclic amines) is 1. The molecule has 2 aromatic carbocycles. The van der Waals surface area contributed by atoms with E-state index in [0.717, 1.165) is 43.7 Å². The first kappa shape index (κ1) is 20.8. The third kappa shape index (κ3) is 3.69. The Labute approximate surface area is 191 Å². The number of aryl methyl sites for hydroxylation is 1. The second-order valence-electron chi connectivity index (χ2n) is 8.82. The van der Waals surface area contributed by atoms with Gasteiger partial charge in [0.25, 0.3) is 11.8 Å². The van der Waals surface area contributed by atoms with E-state index >= 15 is 0 Å². The van der Waals surface area contributed by atoms with Crippen LogP contribution in [0.4, 0.5) is 0 Å². The van der Waals surface area contributed by atoms with Gasteiger partial charge in [-0.2, -0.15) is 0 Å². The highest BCUT2D eigenvalue weighted by Crippen LogP contribution is 2.40. The van der Waals surface area contributed by atoms with E-state index < -0.39 is 0 Å². The topological polar surface area (TPSA) is 62.6 Å². The van der Waals surface area contributed by atoms with Crippen molar-refractivity contribution in [3.8, 4) is 0 Å². The van der Waals surface area contributed by atoms with E-state index in [1.165, 1.54) is 0 Å². The van der Waals surface area contributed by atoms with Crippen LogP contribution in [0, 0.1) is 6.92 Å². The summed E-state index contributed by atoms with van der Waals surface area (Å²) >= 11 is 1.54. The minimum Gasteiger partial charge on any atom is -0.461 e. The molecule has 0 aliphatic carbocycles. The van der Waals surface area contributed by atoms with E-state index in [0.29, 0.717) is 18.7 Å². The molecule has 1 aliphatic rings. The van der Waals surface area contributed by atoms with E-state index in [-0.39, 0.29) is 23.8 Å². The number of nitrogens with one attached hydrogen (secondary N) is 1. The number of hydrogen-bond acceptors (Lipinski definition) is 4. The smallest absolute Gasteiger partial charge is 0.261 e. The van der Waals surface area contributed by atoms with Gasteiger partial charge in [0.05, 0.1) is 4.88 Å². The van der Waals surface area contributed by atoms with Crippen molar-refractivity contribution in [1.82, 2.24) is 10.2 Å². The van der Waals surface area contributed by atoms with Gasteiger partial charge in [0.2, 0.25) is 0 Å². The first-order valence-corrected chi connectivity index (χ1v) is 11.8. The summed E-state index contributed by atoms with van der Waals surface area (Å²) < 4.78 is 6.75. The highest BCUT2D eigenvalue weighted by Gasteiger charge is 2.33. The zero-order chi connectivity index (χ0) is 22.4. The zero-order valence-electron chi connectivity index (χ0n) is 18.5. The molecule has 1 fully saturated rings. The largest absolute Gasteiger partial charge is 0.461 e. The summed E-state index contributed by atoms with van der Waals surface area (Å²) in [5.74, 6) is 0.980. The molecular formula is C26H26N2O3S. The molecule has 5 nitrogen and oxygen atoms in total. The molecule has 1 aliphatic heterocycles. The monoisotopic (exact) mass is 446 g/mol. The second-order valence-corrected chi connectivity index (χ2v) is 9.87. The number of thiophene rings is 1. The molecule has 0 radical (unpaired) electrons. The van der Waals surface area contributed by atoms with Gasteiger partial charge in [0.1, 0.15) is 11.3 Å². The SMILES string of the molecule is Cc1cc2cc(C(=O)N3CC[C@H](c4c(C(=O)NC(C)C)sc5ccccc45)C3)ccc2o1. The fraction of sp³-hybridized carbons (Fsp3) is 0.308. The molecule has 1 N–H and O–H groups in total. The van der Waals surface area contributed by atoms with Crippen LogP contribution < -0.4 is 5.32 Å². The number of nitrogens with zero attached hydrogens (tertiary/aromatic N) is 1. The molecule has 1 atom stereocenters. The van der Waals surface area contributed by atoms with Gasteiger partial charge >= 0.3 is 0 Å². The van der Waals surface area contributed by atoms with Gasteiger partial charge in [-0.15, -0.1) is 11.3 Å². The van der Waals surface area contributed by atoms with E-state index in [1.54, 1.807) is 11.3 Å². The number of carbonyl (C=O) groups is 2. The van der Waals surface area contributed by atoms with E-state index in [2.05, 4.69) is 17.4 Å². The van der Waals surface area contributed by atoms with Crippen molar-refractivity contribution in [2.75, 3.05) is 13.1 Å². The summed E-state index contributed by atoms with van der Waals surface area (Å²) in [4.78, 5) is 28.9. The lowest BCUT2D eigenvalue weighted by atomic mass is 9.95. The van der Waals surface area contributed by atoms with Crippen LogP contribution in [0.5, 0.6) is 0 Å². The van der Waals surface area contributed by atoms with Gasteiger partial charge < -0.3 is 14.6 Å². The van der Waals surface area contributed by atoms with Crippen LogP contribution in [0.2, 0.25) is 0 Å². The zero-order valence-corrected chi connectivity index (χ0v) is 19.3. The minimum absolute atomic E-state index is 0.0262. The molecule has 1 saturated heterocycles. The third-order valence-corrected chi connectivity index (χ3v) is 7.22. The van der Waals surface area contributed by atoms with Gasteiger partial charge in [0, 0.05) is 40.7 Å². The van der Waals surface area contributed by atoms with Crippen LogP contribution in [0.3, 0.4) is 0 Å². The number of amides is 2. The van der Waals surface area contributed by atoms with Crippen LogP contribution in [0.1, 0.15) is 57.5 Å². The molecule has 32 heavy (non-hydrogen) atoms. The summed E-state index contributed by atoms with van der Waals surface area (Å²) in [6.07, 6.45) is 0.849. The standard InChI is InChI=1S/C26H26N2O3S/c1-15(2)27-25(29)24-23(20-6-4-5-7-22(20)32-24)18-10-11-28(14-18)26(30)17-8-9-21-19(13-17)12-16(3)31-21/h4-9,12-13,15,18H,10-11,14H2,1-3H3,(H,27,29)/t18-/m0/s1. The van der Waals surface area contributed by atoms with Gasteiger partial charge in [-0.3, -0.25) is 9.59 Å². The van der Waals surface area contributed by atoms with Crippen LogP contribution in [-0.4, -0.2) is 35.8 Å². The van der Waals surface area contributed by atoms with Crippen molar-refractivity contribution in [3.63, 3.8) is 0 Å². The predicted octanol–water partition coefficient (Wildman–Crippen LogP) is 5.72. The van der Waals surface area contributed by atoms with Gasteiger partial charge in [-0.25, -0.2) is 0 Å². The summed E-state index contributed by atoms with van der Waals surface area (Å²) in [5.41, 5.74) is 2.55. The number of carbonyl (C=O) groups excluding carboxylic acids is 2. The Morgan fingerprint density at radius 1 is 1.16 bits per heavy atom. The van der Waals surface area contributed by atoms with Crippen LogP contribution in [0.25, 0.3) is 21.1 Å². The van der Waals surface area contributed by atoms with E-state index in [1.807, 2.05) is 62.1 Å². The van der Waals surface area contributed by atoms with Gasteiger partial charge in [-0.05, 0) is 68.5 Å². The molecule has 0 bridgehead atoms.